The summed E-state index contributed by atoms with van der Waals surface area (Å²) in [6.45, 7) is 19.4. The number of unbranched alkanes of at least 4 members (excludes halogenated alkanes) is 2. The number of ether oxygens (including phenoxy) is 3. The Kier molecular flexibility index (Phi) is 16.5. The van der Waals surface area contributed by atoms with Crippen LogP contribution in [0, 0.1) is 6.92 Å². The van der Waals surface area contributed by atoms with Gasteiger partial charge in [-0.1, -0.05) is 47.1 Å². The lowest BCUT2D eigenvalue weighted by atomic mass is 10.1. The van der Waals surface area contributed by atoms with Gasteiger partial charge in [0.25, 0.3) is 5.91 Å². The summed E-state index contributed by atoms with van der Waals surface area (Å²) in [6.07, 6.45) is 4.11. The van der Waals surface area contributed by atoms with E-state index in [0.717, 1.165) is 12.8 Å². The Bertz CT molecular complexity index is 1890. The minimum Gasteiger partial charge on any atom is -0.490 e. The van der Waals surface area contributed by atoms with Crippen molar-refractivity contribution < 1.29 is 37.9 Å². The molecule has 0 saturated heterocycles. The van der Waals surface area contributed by atoms with Crippen LogP contribution in [0.3, 0.4) is 0 Å². The molecule has 1 aromatic heterocycles. The summed E-state index contributed by atoms with van der Waals surface area (Å²) >= 11 is 13.2. The van der Waals surface area contributed by atoms with E-state index in [1.165, 1.54) is 17.0 Å². The Hall–Kier alpha value is -5.34. The minimum absolute atomic E-state index is 0.0854. The van der Waals surface area contributed by atoms with Gasteiger partial charge in [-0.2, -0.15) is 0 Å². The summed E-state index contributed by atoms with van der Waals surface area (Å²) < 4.78 is 21.8. The lowest BCUT2D eigenvalue weighted by Crippen LogP contribution is -2.46. The summed E-state index contributed by atoms with van der Waals surface area (Å²) in [7, 11) is 0. The SMILES string of the molecule is C=CCCCCN(CC(=O)Nc1c(Cl)cc(CN=C(NC(=O)OC(C)(C)C)NC(=O)c2c(-c3ccc(OCC=C)cc3)noc2C)cc1Cl)C(=O)OC(C)(C)C. The van der Waals surface area contributed by atoms with Crippen molar-refractivity contribution in [3.05, 3.63) is 88.6 Å². The van der Waals surface area contributed by atoms with E-state index in [-0.39, 0.29) is 51.8 Å². The zero-order valence-corrected chi connectivity index (χ0v) is 34.4. The highest BCUT2D eigenvalue weighted by molar-refractivity contribution is 6.40. The Morgan fingerprint density at radius 3 is 2.16 bits per heavy atom. The van der Waals surface area contributed by atoms with E-state index in [0.29, 0.717) is 36.4 Å². The summed E-state index contributed by atoms with van der Waals surface area (Å²) in [5.41, 5.74) is -0.0756. The average Bonchev–Trinajstić information content (AvgIpc) is 3.49. The normalized spacial score (nSPS) is 11.6. The summed E-state index contributed by atoms with van der Waals surface area (Å²) in [4.78, 5) is 58.3. The second-order valence-electron chi connectivity index (χ2n) is 14.5. The van der Waals surface area contributed by atoms with Gasteiger partial charge in [-0.25, -0.2) is 14.6 Å². The molecule has 14 nitrogen and oxygen atoms in total. The van der Waals surface area contributed by atoms with Gasteiger partial charge in [-0.15, -0.1) is 6.58 Å². The molecule has 0 aliphatic heterocycles. The second kappa shape index (κ2) is 20.5. The van der Waals surface area contributed by atoms with E-state index in [1.807, 2.05) is 0 Å². The smallest absolute Gasteiger partial charge is 0.414 e. The number of hydrogen-bond acceptors (Lipinski definition) is 10. The molecule has 3 rings (SSSR count). The molecule has 0 atom stereocenters. The molecule has 3 N–H and O–H groups in total. The molecule has 56 heavy (non-hydrogen) atoms. The van der Waals surface area contributed by atoms with Gasteiger partial charge in [-0.3, -0.25) is 25.1 Å². The quantitative estimate of drug-likeness (QED) is 0.0586. The Labute approximate surface area is 337 Å². The van der Waals surface area contributed by atoms with Crippen molar-refractivity contribution in [1.82, 2.24) is 20.7 Å². The number of nitrogens with zero attached hydrogens (tertiary/aromatic N) is 3. The van der Waals surface area contributed by atoms with Gasteiger partial charge < -0.3 is 24.1 Å². The number of amides is 4. The van der Waals surface area contributed by atoms with Crippen molar-refractivity contribution in [2.24, 2.45) is 4.99 Å². The van der Waals surface area contributed by atoms with Crippen LogP contribution in [0.15, 0.2) is 71.2 Å². The zero-order chi connectivity index (χ0) is 41.6. The number of carbonyl (C=O) groups excluding carboxylic acids is 4. The Balaban J connectivity index is 1.83. The molecule has 3 aromatic rings. The molecular formula is C40H50Cl2N6O8. The van der Waals surface area contributed by atoms with Crippen LogP contribution < -0.4 is 20.7 Å². The molecule has 0 unspecified atom stereocenters. The number of aromatic nitrogens is 1. The van der Waals surface area contributed by atoms with E-state index in [9.17, 15) is 19.2 Å². The largest absolute Gasteiger partial charge is 0.490 e. The number of rotatable bonds is 15. The predicted molar refractivity (Wildman–Crippen MR) is 217 cm³/mol. The molecule has 0 fully saturated rings. The maximum Gasteiger partial charge on any atom is 0.414 e. The van der Waals surface area contributed by atoms with Crippen molar-refractivity contribution in [3.8, 4) is 17.0 Å². The number of carbonyl (C=O) groups is 4. The molecule has 302 valence electrons. The highest BCUT2D eigenvalue weighted by atomic mass is 35.5. The van der Waals surface area contributed by atoms with Crippen LogP contribution in [0.5, 0.6) is 5.75 Å². The average molecular weight is 814 g/mol. The van der Waals surface area contributed by atoms with E-state index >= 15 is 0 Å². The van der Waals surface area contributed by atoms with Crippen molar-refractivity contribution in [3.63, 3.8) is 0 Å². The third kappa shape index (κ3) is 14.7. The standard InChI is InChI=1S/C40H50Cl2N6O8/c1-10-12-13-14-19-48(38(52)55-40(7,8)9)24-31(49)44-34-29(41)21-26(22-30(34)42)23-43-36(46-37(51)54-39(4,5)6)45-35(50)32-25(3)56-47-33(32)27-15-17-28(18-16-27)53-20-11-2/h10-11,15-18,21-22H,1-2,12-14,19-20,23-24H2,3-9H3,(H,44,49)(H2,43,45,46,50,51). The van der Waals surface area contributed by atoms with Crippen molar-refractivity contribution >= 4 is 58.8 Å². The number of halogens is 2. The fourth-order valence-electron chi connectivity index (χ4n) is 4.89. The number of anilines is 1. The first kappa shape index (κ1) is 45.1. The van der Waals surface area contributed by atoms with Crippen LogP contribution in [0.4, 0.5) is 15.3 Å². The summed E-state index contributed by atoms with van der Waals surface area (Å²) in [5, 5.41) is 12.0. The van der Waals surface area contributed by atoms with E-state index < -0.39 is 35.2 Å². The van der Waals surface area contributed by atoms with Gasteiger partial charge in [0, 0.05) is 12.1 Å². The van der Waals surface area contributed by atoms with Crippen LogP contribution in [0.2, 0.25) is 10.0 Å². The number of allylic oxidation sites excluding steroid dienone is 1. The van der Waals surface area contributed by atoms with E-state index in [1.54, 1.807) is 84.9 Å². The molecule has 0 radical (unpaired) electrons. The molecule has 1 heterocycles. The van der Waals surface area contributed by atoms with Gasteiger partial charge in [0.2, 0.25) is 11.9 Å². The topological polar surface area (TPSA) is 174 Å². The maximum absolute atomic E-state index is 13.7. The predicted octanol–water partition coefficient (Wildman–Crippen LogP) is 8.86. The van der Waals surface area contributed by atoms with Gasteiger partial charge in [0.1, 0.15) is 47.1 Å². The summed E-state index contributed by atoms with van der Waals surface area (Å²) in [6, 6.07) is 9.93. The van der Waals surface area contributed by atoms with Crippen LogP contribution in [0.1, 0.15) is 82.5 Å². The zero-order valence-electron chi connectivity index (χ0n) is 32.8. The first-order chi connectivity index (χ1) is 26.3. The molecule has 0 aliphatic carbocycles. The van der Waals surface area contributed by atoms with Crippen molar-refractivity contribution in [2.75, 3.05) is 25.0 Å². The van der Waals surface area contributed by atoms with Gasteiger partial charge in [-0.05, 0) is 110 Å². The summed E-state index contributed by atoms with van der Waals surface area (Å²) in [5.74, 6) is -0.637. The highest BCUT2D eigenvalue weighted by Gasteiger charge is 2.26. The minimum atomic E-state index is -0.871. The third-order valence-corrected chi connectivity index (χ3v) is 7.89. The first-order valence-corrected chi connectivity index (χ1v) is 18.6. The number of guanidine groups is 1. The highest BCUT2D eigenvalue weighted by Crippen LogP contribution is 2.32. The molecule has 4 amide bonds. The van der Waals surface area contributed by atoms with Crippen LogP contribution in [-0.2, 0) is 20.8 Å². The third-order valence-electron chi connectivity index (χ3n) is 7.30. The monoisotopic (exact) mass is 812 g/mol. The molecular weight excluding hydrogens is 763 g/mol. The van der Waals surface area contributed by atoms with Gasteiger partial charge >= 0.3 is 12.2 Å². The number of aryl methyl sites for hydroxylation is 1. The maximum atomic E-state index is 13.7. The number of benzene rings is 2. The lowest BCUT2D eigenvalue weighted by Gasteiger charge is -2.27. The Morgan fingerprint density at radius 2 is 1.57 bits per heavy atom. The van der Waals surface area contributed by atoms with Crippen molar-refractivity contribution in [2.45, 2.75) is 85.5 Å². The number of aliphatic imine (C=N–C) groups is 1. The van der Waals surface area contributed by atoms with Crippen LogP contribution >= 0.6 is 23.2 Å². The molecule has 0 aliphatic rings. The molecule has 16 heteroatoms. The lowest BCUT2D eigenvalue weighted by molar-refractivity contribution is -0.117. The fourth-order valence-corrected chi connectivity index (χ4v) is 5.52. The number of alkyl carbamates (subject to hydrolysis) is 1. The van der Waals surface area contributed by atoms with Gasteiger partial charge in [0.15, 0.2) is 0 Å². The number of hydrogen-bond donors (Lipinski definition) is 3. The first-order valence-electron chi connectivity index (χ1n) is 17.8. The van der Waals surface area contributed by atoms with Crippen LogP contribution in [0.25, 0.3) is 11.3 Å². The second-order valence-corrected chi connectivity index (χ2v) is 15.3. The molecule has 2 aromatic carbocycles. The van der Waals surface area contributed by atoms with Crippen LogP contribution in [-0.4, -0.2) is 70.9 Å². The van der Waals surface area contributed by atoms with E-state index in [2.05, 4.69) is 39.3 Å². The molecule has 0 spiro atoms. The van der Waals surface area contributed by atoms with E-state index in [4.69, 9.17) is 41.9 Å². The fraction of sp³-hybridized carbons (Fsp3) is 0.400. The Morgan fingerprint density at radius 1 is 0.929 bits per heavy atom. The van der Waals surface area contributed by atoms with Gasteiger partial charge in [0.05, 0.1) is 22.3 Å². The van der Waals surface area contributed by atoms with Crippen molar-refractivity contribution in [1.29, 1.82) is 0 Å². The molecule has 0 saturated carbocycles. The molecule has 0 bridgehead atoms. The number of nitrogens with one attached hydrogen (secondary N) is 3.